The van der Waals surface area contributed by atoms with Crippen molar-refractivity contribution < 1.29 is 9.53 Å². The van der Waals surface area contributed by atoms with E-state index in [-0.39, 0.29) is 5.91 Å². The topological polar surface area (TPSA) is 79.9 Å². The average Bonchev–Trinajstić information content (AvgIpc) is 3.03. The molecule has 0 aliphatic heterocycles. The van der Waals surface area contributed by atoms with Gasteiger partial charge in [0.05, 0.1) is 7.11 Å². The van der Waals surface area contributed by atoms with Gasteiger partial charge in [0.2, 0.25) is 5.91 Å². The molecule has 1 aromatic heterocycles. The first kappa shape index (κ1) is 14.8. The number of rotatable bonds is 7. The molecule has 0 fully saturated rings. The summed E-state index contributed by atoms with van der Waals surface area (Å²) in [5, 5.41) is 9.38. The Bertz CT molecular complexity index is 576. The number of carbonyl (C=O) groups excluding carboxylic acids is 1. The fourth-order valence-corrected chi connectivity index (χ4v) is 1.76. The molecule has 0 radical (unpaired) electrons. The number of aromatic amines is 1. The summed E-state index contributed by atoms with van der Waals surface area (Å²) in [7, 11) is 1.62. The summed E-state index contributed by atoms with van der Waals surface area (Å²) in [5.41, 5.74) is 0.951. The first-order chi connectivity index (χ1) is 10.3. The molecule has 1 heterocycles. The highest BCUT2D eigenvalue weighted by Crippen LogP contribution is 2.12. The van der Waals surface area contributed by atoms with Crippen molar-refractivity contribution in [2.45, 2.75) is 12.8 Å². The molecule has 0 spiro atoms. The van der Waals surface area contributed by atoms with Gasteiger partial charge in [0.1, 0.15) is 17.9 Å². The highest BCUT2D eigenvalue weighted by molar-refractivity contribution is 5.91. The summed E-state index contributed by atoms with van der Waals surface area (Å²) in [5.74, 6) is 1.52. The van der Waals surface area contributed by atoms with Crippen molar-refractivity contribution in [1.29, 1.82) is 0 Å². The van der Waals surface area contributed by atoms with Crippen molar-refractivity contribution in [3.05, 3.63) is 48.1 Å². The maximum Gasteiger partial charge on any atom is 0.243 e. The van der Waals surface area contributed by atoms with Crippen LogP contribution in [0.25, 0.3) is 6.08 Å². The number of nitrogens with one attached hydrogen (secondary N) is 2. The average molecular weight is 286 g/mol. The van der Waals surface area contributed by atoms with Crippen LogP contribution < -0.4 is 10.1 Å². The van der Waals surface area contributed by atoms with E-state index in [4.69, 9.17) is 4.74 Å². The summed E-state index contributed by atoms with van der Waals surface area (Å²) in [4.78, 5) is 15.7. The van der Waals surface area contributed by atoms with E-state index in [2.05, 4.69) is 20.5 Å². The molecule has 6 nitrogen and oxygen atoms in total. The molecule has 0 atom stereocenters. The zero-order valence-corrected chi connectivity index (χ0v) is 11.9. The first-order valence-electron chi connectivity index (χ1n) is 6.72. The van der Waals surface area contributed by atoms with Crippen LogP contribution in [0.2, 0.25) is 0 Å². The molecule has 1 amide bonds. The first-order valence-corrected chi connectivity index (χ1v) is 6.72. The number of aryl methyl sites for hydroxylation is 1. The van der Waals surface area contributed by atoms with Gasteiger partial charge < -0.3 is 10.1 Å². The predicted molar refractivity (Wildman–Crippen MR) is 79.7 cm³/mol. The van der Waals surface area contributed by atoms with Crippen LogP contribution in [0.5, 0.6) is 5.75 Å². The van der Waals surface area contributed by atoms with Crippen LogP contribution in [0.4, 0.5) is 0 Å². The number of hydrogen-bond acceptors (Lipinski definition) is 4. The Kier molecular flexibility index (Phi) is 5.51. The van der Waals surface area contributed by atoms with E-state index in [1.165, 1.54) is 12.4 Å². The molecule has 0 aliphatic rings. The van der Waals surface area contributed by atoms with Crippen molar-refractivity contribution in [2.75, 3.05) is 13.7 Å². The van der Waals surface area contributed by atoms with E-state index in [0.29, 0.717) is 6.54 Å². The van der Waals surface area contributed by atoms with Crippen LogP contribution in [-0.2, 0) is 11.2 Å². The van der Waals surface area contributed by atoms with E-state index in [1.807, 2.05) is 24.3 Å². The maximum atomic E-state index is 11.6. The lowest BCUT2D eigenvalue weighted by atomic mass is 10.2. The van der Waals surface area contributed by atoms with Gasteiger partial charge in [-0.3, -0.25) is 9.89 Å². The Hall–Kier alpha value is -2.63. The van der Waals surface area contributed by atoms with Gasteiger partial charge in [-0.1, -0.05) is 12.1 Å². The van der Waals surface area contributed by atoms with E-state index >= 15 is 0 Å². The smallest absolute Gasteiger partial charge is 0.243 e. The zero-order valence-electron chi connectivity index (χ0n) is 11.9. The minimum atomic E-state index is -0.108. The van der Waals surface area contributed by atoms with Gasteiger partial charge in [-0.15, -0.1) is 0 Å². The largest absolute Gasteiger partial charge is 0.497 e. The number of nitrogens with zero attached hydrogens (tertiary/aromatic N) is 2. The van der Waals surface area contributed by atoms with Gasteiger partial charge in [0.25, 0.3) is 0 Å². The predicted octanol–water partition coefficient (Wildman–Crippen LogP) is 1.58. The molecular formula is C15H18N4O2. The van der Waals surface area contributed by atoms with E-state index < -0.39 is 0 Å². The molecule has 1 aromatic carbocycles. The number of amides is 1. The Labute approximate surface area is 123 Å². The van der Waals surface area contributed by atoms with Crippen LogP contribution in [0.3, 0.4) is 0 Å². The molecule has 0 unspecified atom stereocenters. The van der Waals surface area contributed by atoms with Crippen LogP contribution in [0.15, 0.2) is 36.7 Å². The number of hydrogen-bond donors (Lipinski definition) is 2. The molecule has 2 N–H and O–H groups in total. The van der Waals surface area contributed by atoms with E-state index in [0.717, 1.165) is 30.0 Å². The van der Waals surface area contributed by atoms with Gasteiger partial charge in [0, 0.05) is 19.0 Å². The van der Waals surface area contributed by atoms with E-state index in [1.54, 1.807) is 13.2 Å². The number of ether oxygens (including phenoxy) is 1. The fraction of sp³-hybridized carbons (Fsp3) is 0.267. The Morgan fingerprint density at radius 3 is 2.86 bits per heavy atom. The quantitative estimate of drug-likeness (QED) is 0.598. The number of H-pyrrole nitrogens is 1. The second-order valence-electron chi connectivity index (χ2n) is 4.43. The summed E-state index contributed by atoms with van der Waals surface area (Å²) in [6.07, 6.45) is 6.35. The Morgan fingerprint density at radius 2 is 2.19 bits per heavy atom. The van der Waals surface area contributed by atoms with Crippen LogP contribution in [0.1, 0.15) is 17.8 Å². The van der Waals surface area contributed by atoms with Crippen molar-refractivity contribution in [3.63, 3.8) is 0 Å². The zero-order chi connectivity index (χ0) is 14.9. The molecule has 2 aromatic rings. The van der Waals surface area contributed by atoms with Gasteiger partial charge in [-0.05, 0) is 30.2 Å². The molecule has 0 bridgehead atoms. The van der Waals surface area contributed by atoms with Gasteiger partial charge in [0.15, 0.2) is 0 Å². The van der Waals surface area contributed by atoms with Crippen molar-refractivity contribution in [1.82, 2.24) is 20.5 Å². The lowest BCUT2D eigenvalue weighted by molar-refractivity contribution is -0.116. The summed E-state index contributed by atoms with van der Waals surface area (Å²) >= 11 is 0. The molecule has 0 aliphatic carbocycles. The summed E-state index contributed by atoms with van der Waals surface area (Å²) < 4.78 is 5.08. The molecule has 6 heteroatoms. The van der Waals surface area contributed by atoms with Gasteiger partial charge in [-0.25, -0.2) is 4.98 Å². The lowest BCUT2D eigenvalue weighted by Crippen LogP contribution is -2.22. The fourth-order valence-electron chi connectivity index (χ4n) is 1.76. The van der Waals surface area contributed by atoms with Crippen LogP contribution >= 0.6 is 0 Å². The van der Waals surface area contributed by atoms with E-state index in [9.17, 15) is 4.79 Å². The summed E-state index contributed by atoms with van der Waals surface area (Å²) in [6.45, 7) is 0.604. The molecule has 110 valence electrons. The maximum absolute atomic E-state index is 11.6. The number of aromatic nitrogens is 3. The minimum absolute atomic E-state index is 0.108. The molecule has 21 heavy (non-hydrogen) atoms. The van der Waals surface area contributed by atoms with Crippen molar-refractivity contribution >= 4 is 12.0 Å². The third-order valence-electron chi connectivity index (χ3n) is 2.90. The van der Waals surface area contributed by atoms with Gasteiger partial charge >= 0.3 is 0 Å². The number of methoxy groups -OCH3 is 1. The monoisotopic (exact) mass is 286 g/mol. The lowest BCUT2D eigenvalue weighted by Gasteiger charge is -2.01. The normalized spacial score (nSPS) is 10.7. The second-order valence-corrected chi connectivity index (χ2v) is 4.43. The van der Waals surface area contributed by atoms with Crippen molar-refractivity contribution in [2.24, 2.45) is 0 Å². The molecule has 0 saturated carbocycles. The minimum Gasteiger partial charge on any atom is -0.497 e. The third kappa shape index (κ3) is 5.10. The molecule has 2 rings (SSSR count). The third-order valence-corrected chi connectivity index (χ3v) is 2.90. The highest BCUT2D eigenvalue weighted by atomic mass is 16.5. The number of benzene rings is 1. The standard InChI is InChI=1S/C15H18N4O2/c1-21-13-7-4-12(5-8-13)6-9-15(20)16-10-2-3-14-17-11-18-19-14/h4-9,11H,2-3,10H2,1H3,(H,16,20)(H,17,18,19). The Balaban J connectivity index is 1.69. The van der Waals surface area contributed by atoms with Crippen molar-refractivity contribution in [3.8, 4) is 5.75 Å². The SMILES string of the molecule is COc1ccc(C=CC(=O)NCCCc2ncn[nH]2)cc1. The van der Waals surface area contributed by atoms with Gasteiger partial charge in [-0.2, -0.15) is 5.10 Å². The summed E-state index contributed by atoms with van der Waals surface area (Å²) in [6, 6.07) is 7.50. The Morgan fingerprint density at radius 1 is 1.38 bits per heavy atom. The second kappa shape index (κ2) is 7.84. The number of carbonyl (C=O) groups is 1. The highest BCUT2D eigenvalue weighted by Gasteiger charge is 1.98. The molecular weight excluding hydrogens is 268 g/mol. The van der Waals surface area contributed by atoms with Crippen LogP contribution in [0, 0.1) is 0 Å². The van der Waals surface area contributed by atoms with Crippen LogP contribution in [-0.4, -0.2) is 34.7 Å². The molecule has 0 saturated heterocycles.